The number of rotatable bonds is 9. The number of fused-ring (bicyclic) bond motifs is 1. The van der Waals surface area contributed by atoms with E-state index in [4.69, 9.17) is 18.9 Å². The van der Waals surface area contributed by atoms with Gasteiger partial charge in [0.2, 0.25) is 5.75 Å². The average Bonchev–Trinajstić information content (AvgIpc) is 2.81. The van der Waals surface area contributed by atoms with Crippen LogP contribution in [0.4, 0.5) is 0 Å². The fraction of sp³-hybridized carbons (Fsp3) is 0.261. The summed E-state index contributed by atoms with van der Waals surface area (Å²) in [6.45, 7) is 0.582. The third kappa shape index (κ3) is 5.22. The number of carbonyl (C=O) groups is 1. The van der Waals surface area contributed by atoms with E-state index in [-0.39, 0.29) is 12.2 Å². The Bertz CT molecular complexity index is 1130. The average molecular weight is 424 g/mol. The smallest absolute Gasteiger partial charge is 0.330 e. The lowest BCUT2D eigenvalue weighted by Gasteiger charge is -2.12. The highest BCUT2D eigenvalue weighted by molar-refractivity contribution is 5.87. The van der Waals surface area contributed by atoms with Gasteiger partial charge in [-0.1, -0.05) is 12.1 Å². The lowest BCUT2D eigenvalue weighted by atomic mass is 10.1. The molecule has 0 spiro atoms. The fourth-order valence-corrected chi connectivity index (χ4v) is 3.08. The van der Waals surface area contributed by atoms with Crippen LogP contribution in [0.15, 0.2) is 53.6 Å². The van der Waals surface area contributed by atoms with Crippen LogP contribution in [0.1, 0.15) is 12.0 Å². The predicted molar refractivity (Wildman–Crippen MR) is 117 cm³/mol. The third-order valence-electron chi connectivity index (χ3n) is 4.62. The quantitative estimate of drug-likeness (QED) is 0.296. The maximum absolute atomic E-state index is 12.4. The summed E-state index contributed by atoms with van der Waals surface area (Å²) >= 11 is 0. The van der Waals surface area contributed by atoms with Gasteiger partial charge in [0, 0.05) is 12.6 Å². The Labute approximate surface area is 179 Å². The molecule has 0 radical (unpaired) electrons. The first-order valence-electron chi connectivity index (χ1n) is 9.66. The molecule has 0 aliphatic carbocycles. The number of ether oxygens (including phenoxy) is 4. The van der Waals surface area contributed by atoms with Crippen molar-refractivity contribution < 1.29 is 23.7 Å². The van der Waals surface area contributed by atoms with E-state index in [0.29, 0.717) is 46.7 Å². The van der Waals surface area contributed by atoms with Crippen molar-refractivity contribution in [3.63, 3.8) is 0 Å². The second-order valence-corrected chi connectivity index (χ2v) is 6.57. The first-order chi connectivity index (χ1) is 15.1. The minimum Gasteiger partial charge on any atom is -0.493 e. The molecule has 162 valence electrons. The number of hydrogen-bond acceptors (Lipinski definition) is 7. The number of benzene rings is 2. The molecule has 8 nitrogen and oxygen atoms in total. The largest absolute Gasteiger partial charge is 0.493 e. The van der Waals surface area contributed by atoms with Crippen molar-refractivity contribution in [2.75, 3.05) is 27.9 Å². The van der Waals surface area contributed by atoms with Gasteiger partial charge in [0.25, 0.3) is 5.56 Å². The number of esters is 1. The Morgan fingerprint density at radius 1 is 1.06 bits per heavy atom. The molecule has 0 unspecified atom stereocenters. The number of aryl methyl sites for hydroxylation is 1. The van der Waals surface area contributed by atoms with Crippen molar-refractivity contribution in [1.29, 1.82) is 0 Å². The molecule has 0 N–H and O–H groups in total. The van der Waals surface area contributed by atoms with Crippen LogP contribution in [0.3, 0.4) is 0 Å². The molecule has 8 heteroatoms. The van der Waals surface area contributed by atoms with E-state index in [1.807, 2.05) is 6.07 Å². The predicted octanol–water partition coefficient (Wildman–Crippen LogP) is 3.07. The summed E-state index contributed by atoms with van der Waals surface area (Å²) in [6.07, 6.45) is 4.93. The highest BCUT2D eigenvalue weighted by atomic mass is 16.5. The fourth-order valence-electron chi connectivity index (χ4n) is 3.08. The van der Waals surface area contributed by atoms with Gasteiger partial charge in [-0.3, -0.25) is 9.36 Å². The van der Waals surface area contributed by atoms with E-state index in [0.717, 1.165) is 0 Å². The summed E-state index contributed by atoms with van der Waals surface area (Å²) < 4.78 is 22.6. The molecule has 31 heavy (non-hydrogen) atoms. The highest BCUT2D eigenvalue weighted by Crippen LogP contribution is 2.38. The van der Waals surface area contributed by atoms with Gasteiger partial charge in [-0.05, 0) is 42.3 Å². The van der Waals surface area contributed by atoms with Crippen LogP contribution in [0.5, 0.6) is 17.2 Å². The molecular weight excluding hydrogens is 400 g/mol. The van der Waals surface area contributed by atoms with Crippen molar-refractivity contribution in [1.82, 2.24) is 9.55 Å². The molecular formula is C23H24N2O6. The van der Waals surface area contributed by atoms with Gasteiger partial charge in [-0.15, -0.1) is 0 Å². The van der Waals surface area contributed by atoms with Gasteiger partial charge < -0.3 is 18.9 Å². The Morgan fingerprint density at radius 2 is 1.77 bits per heavy atom. The molecule has 1 aromatic heterocycles. The normalized spacial score (nSPS) is 10.9. The summed E-state index contributed by atoms with van der Waals surface area (Å²) in [5.41, 5.74) is 1.24. The van der Waals surface area contributed by atoms with Crippen LogP contribution >= 0.6 is 0 Å². The van der Waals surface area contributed by atoms with Crippen LogP contribution in [-0.2, 0) is 16.1 Å². The molecule has 0 saturated heterocycles. The van der Waals surface area contributed by atoms with Gasteiger partial charge in [0.15, 0.2) is 11.5 Å². The number of hydrogen-bond donors (Lipinski definition) is 0. The molecule has 1 heterocycles. The topological polar surface area (TPSA) is 88.9 Å². The van der Waals surface area contributed by atoms with E-state index in [9.17, 15) is 9.59 Å². The molecule has 0 bridgehead atoms. The monoisotopic (exact) mass is 424 g/mol. The van der Waals surface area contributed by atoms with E-state index in [1.165, 1.54) is 38.3 Å². The van der Waals surface area contributed by atoms with Crippen molar-refractivity contribution in [3.05, 3.63) is 64.7 Å². The van der Waals surface area contributed by atoms with Crippen LogP contribution in [0.25, 0.3) is 17.0 Å². The SMILES string of the molecule is COc1cc(/C=C/C(=O)OCCCn2cnc3ccccc3c2=O)cc(OC)c1OC. The Balaban J connectivity index is 1.56. The summed E-state index contributed by atoms with van der Waals surface area (Å²) in [6, 6.07) is 10.6. The molecule has 0 aliphatic heterocycles. The Morgan fingerprint density at radius 3 is 2.45 bits per heavy atom. The summed E-state index contributed by atoms with van der Waals surface area (Å²) in [5, 5.41) is 0.565. The minimum absolute atomic E-state index is 0.112. The molecule has 0 amide bonds. The molecule has 0 saturated carbocycles. The van der Waals surface area contributed by atoms with E-state index >= 15 is 0 Å². The van der Waals surface area contributed by atoms with Crippen molar-refractivity contribution in [3.8, 4) is 17.2 Å². The zero-order valence-electron chi connectivity index (χ0n) is 17.7. The van der Waals surface area contributed by atoms with Crippen LogP contribution in [0, 0.1) is 0 Å². The maximum atomic E-state index is 12.4. The Kier molecular flexibility index (Phi) is 7.26. The van der Waals surface area contributed by atoms with E-state index in [1.54, 1.807) is 36.4 Å². The van der Waals surface area contributed by atoms with Crippen molar-refractivity contribution in [2.45, 2.75) is 13.0 Å². The number of aromatic nitrogens is 2. The third-order valence-corrected chi connectivity index (χ3v) is 4.62. The van der Waals surface area contributed by atoms with Gasteiger partial charge in [0.05, 0.1) is 45.2 Å². The van der Waals surface area contributed by atoms with Gasteiger partial charge in [-0.2, -0.15) is 0 Å². The lowest BCUT2D eigenvalue weighted by Crippen LogP contribution is -2.21. The second-order valence-electron chi connectivity index (χ2n) is 6.57. The van der Waals surface area contributed by atoms with Gasteiger partial charge >= 0.3 is 5.97 Å². The first-order valence-corrected chi connectivity index (χ1v) is 9.66. The summed E-state index contributed by atoms with van der Waals surface area (Å²) in [5.74, 6) is 0.967. The van der Waals surface area contributed by atoms with Crippen LogP contribution < -0.4 is 19.8 Å². The van der Waals surface area contributed by atoms with E-state index in [2.05, 4.69) is 4.98 Å². The molecule has 3 rings (SSSR count). The van der Waals surface area contributed by atoms with Gasteiger partial charge in [0.1, 0.15) is 0 Å². The minimum atomic E-state index is -0.488. The first kappa shape index (κ1) is 21.9. The molecule has 3 aromatic rings. The van der Waals surface area contributed by atoms with Crippen LogP contribution in [-0.4, -0.2) is 43.5 Å². The zero-order valence-corrected chi connectivity index (χ0v) is 17.7. The molecule has 2 aromatic carbocycles. The second kappa shape index (κ2) is 10.3. The number of methoxy groups -OCH3 is 3. The van der Waals surface area contributed by atoms with Crippen molar-refractivity contribution in [2.24, 2.45) is 0 Å². The lowest BCUT2D eigenvalue weighted by molar-refractivity contribution is -0.137. The molecule has 0 fully saturated rings. The standard InChI is InChI=1S/C23H24N2O6/c1-28-19-13-16(14-20(29-2)22(19)30-3)9-10-21(26)31-12-6-11-25-15-24-18-8-5-4-7-17(18)23(25)27/h4-5,7-10,13-15H,6,11-12H2,1-3H3/b10-9+. The maximum Gasteiger partial charge on any atom is 0.330 e. The Hall–Kier alpha value is -3.81. The highest BCUT2D eigenvalue weighted by Gasteiger charge is 2.12. The number of para-hydroxylation sites is 1. The summed E-state index contributed by atoms with van der Waals surface area (Å²) in [7, 11) is 4.57. The summed E-state index contributed by atoms with van der Waals surface area (Å²) in [4.78, 5) is 28.7. The van der Waals surface area contributed by atoms with Gasteiger partial charge in [-0.25, -0.2) is 9.78 Å². The number of carbonyl (C=O) groups excluding carboxylic acids is 1. The zero-order chi connectivity index (χ0) is 22.2. The molecule has 0 atom stereocenters. The number of nitrogens with zero attached hydrogens (tertiary/aromatic N) is 2. The van der Waals surface area contributed by atoms with Crippen molar-refractivity contribution >= 4 is 22.9 Å². The van der Waals surface area contributed by atoms with E-state index < -0.39 is 5.97 Å². The van der Waals surface area contributed by atoms with Crippen LogP contribution in [0.2, 0.25) is 0 Å². The molecule has 0 aliphatic rings.